The van der Waals surface area contributed by atoms with Crippen molar-refractivity contribution in [2.75, 3.05) is 20.3 Å². The maximum Gasteiger partial charge on any atom is 0.347 e. The van der Waals surface area contributed by atoms with Gasteiger partial charge in [0, 0.05) is 16.6 Å². The second-order valence-corrected chi connectivity index (χ2v) is 5.81. The van der Waals surface area contributed by atoms with Gasteiger partial charge in [-0.25, -0.2) is 4.79 Å². The van der Waals surface area contributed by atoms with Crippen molar-refractivity contribution < 1.29 is 23.8 Å². The van der Waals surface area contributed by atoms with Crippen molar-refractivity contribution in [3.63, 3.8) is 0 Å². The minimum absolute atomic E-state index is 0.255. The lowest BCUT2D eigenvalue weighted by Crippen LogP contribution is -2.30. The van der Waals surface area contributed by atoms with Crippen molar-refractivity contribution in [2.24, 2.45) is 5.16 Å². The highest BCUT2D eigenvalue weighted by molar-refractivity contribution is 9.10. The van der Waals surface area contributed by atoms with Crippen molar-refractivity contribution in [1.29, 1.82) is 0 Å². The SMILES string of the molecule is CCOC1CON=C1c1cc(Br)ccc1O[C@@H](CC)C(=O)OC. The van der Waals surface area contributed by atoms with Crippen LogP contribution >= 0.6 is 15.9 Å². The zero-order valence-corrected chi connectivity index (χ0v) is 15.0. The number of hydrogen-bond donors (Lipinski definition) is 0. The van der Waals surface area contributed by atoms with E-state index in [4.69, 9.17) is 19.0 Å². The van der Waals surface area contributed by atoms with E-state index in [0.717, 1.165) is 10.0 Å². The summed E-state index contributed by atoms with van der Waals surface area (Å²) in [6, 6.07) is 5.50. The molecule has 1 aromatic carbocycles. The van der Waals surface area contributed by atoms with E-state index in [-0.39, 0.29) is 6.10 Å². The van der Waals surface area contributed by atoms with Crippen molar-refractivity contribution in [2.45, 2.75) is 32.5 Å². The van der Waals surface area contributed by atoms with Gasteiger partial charge in [-0.05, 0) is 31.5 Å². The highest BCUT2D eigenvalue weighted by atomic mass is 79.9. The van der Waals surface area contributed by atoms with Gasteiger partial charge in [0.15, 0.2) is 6.10 Å². The summed E-state index contributed by atoms with van der Waals surface area (Å²) in [6.45, 7) is 4.69. The Kier molecular flexibility index (Phi) is 6.41. The van der Waals surface area contributed by atoms with Crippen molar-refractivity contribution in [3.05, 3.63) is 28.2 Å². The smallest absolute Gasteiger partial charge is 0.347 e. The van der Waals surface area contributed by atoms with E-state index in [1.165, 1.54) is 7.11 Å². The molecule has 0 bridgehead atoms. The van der Waals surface area contributed by atoms with Crippen molar-refractivity contribution in [3.8, 4) is 5.75 Å². The van der Waals surface area contributed by atoms with Gasteiger partial charge in [-0.2, -0.15) is 0 Å². The van der Waals surface area contributed by atoms with E-state index in [2.05, 4.69) is 21.1 Å². The molecule has 0 radical (unpaired) electrons. The predicted molar refractivity (Wildman–Crippen MR) is 88.8 cm³/mol. The average Bonchev–Trinajstić information content (AvgIpc) is 3.01. The number of halogens is 1. The molecule has 0 amide bonds. The largest absolute Gasteiger partial charge is 0.478 e. The van der Waals surface area contributed by atoms with E-state index >= 15 is 0 Å². The highest BCUT2D eigenvalue weighted by Gasteiger charge is 2.29. The van der Waals surface area contributed by atoms with Gasteiger partial charge in [-0.3, -0.25) is 0 Å². The lowest BCUT2D eigenvalue weighted by molar-refractivity contribution is -0.148. The summed E-state index contributed by atoms with van der Waals surface area (Å²) < 4.78 is 17.1. The van der Waals surface area contributed by atoms with Crippen LogP contribution in [-0.2, 0) is 19.1 Å². The maximum atomic E-state index is 11.8. The van der Waals surface area contributed by atoms with Gasteiger partial charge in [0.05, 0.1) is 7.11 Å². The number of carbonyl (C=O) groups is 1. The number of hydrogen-bond acceptors (Lipinski definition) is 6. The number of rotatable bonds is 7. The predicted octanol–water partition coefficient (Wildman–Crippen LogP) is 2.92. The standard InChI is InChI=1S/C16H20BrNO5/c1-4-12(16(19)20-3)23-13-7-6-10(17)8-11(13)15-14(21-5-2)9-22-18-15/h6-8,12,14H,4-5,9H2,1-3H3/t12-,14?/m0/s1. The number of ether oxygens (including phenoxy) is 3. The molecule has 23 heavy (non-hydrogen) atoms. The first-order chi connectivity index (χ1) is 11.1. The molecule has 2 atom stereocenters. The summed E-state index contributed by atoms with van der Waals surface area (Å²) in [5.74, 6) is 0.131. The van der Waals surface area contributed by atoms with Gasteiger partial charge in [-0.1, -0.05) is 28.0 Å². The Morgan fingerprint density at radius 3 is 2.91 bits per heavy atom. The van der Waals surface area contributed by atoms with Gasteiger partial charge < -0.3 is 19.0 Å². The zero-order chi connectivity index (χ0) is 16.8. The molecule has 1 aromatic rings. The molecule has 0 spiro atoms. The lowest BCUT2D eigenvalue weighted by atomic mass is 10.0. The average molecular weight is 386 g/mol. The third-order valence-electron chi connectivity index (χ3n) is 3.38. The fourth-order valence-corrected chi connectivity index (χ4v) is 2.61. The summed E-state index contributed by atoms with van der Waals surface area (Å²) in [4.78, 5) is 16.9. The van der Waals surface area contributed by atoms with Gasteiger partial charge in [-0.15, -0.1) is 0 Å². The fourth-order valence-electron chi connectivity index (χ4n) is 2.25. The van der Waals surface area contributed by atoms with Crippen LogP contribution in [0.25, 0.3) is 0 Å². The molecule has 0 saturated carbocycles. The van der Waals surface area contributed by atoms with Crippen LogP contribution in [0.2, 0.25) is 0 Å². The van der Waals surface area contributed by atoms with Crippen LogP contribution in [0.1, 0.15) is 25.8 Å². The summed E-state index contributed by atoms with van der Waals surface area (Å²) >= 11 is 3.44. The van der Waals surface area contributed by atoms with E-state index in [1.807, 2.05) is 26.0 Å². The topological polar surface area (TPSA) is 66.3 Å². The van der Waals surface area contributed by atoms with Gasteiger partial charge in [0.25, 0.3) is 0 Å². The highest BCUT2D eigenvalue weighted by Crippen LogP contribution is 2.29. The Labute approximate surface area is 143 Å². The van der Waals surface area contributed by atoms with E-state index in [0.29, 0.717) is 31.1 Å². The molecule has 126 valence electrons. The summed E-state index contributed by atoms with van der Waals surface area (Å²) in [5, 5.41) is 4.08. The number of benzene rings is 1. The van der Waals surface area contributed by atoms with Gasteiger partial charge in [0.1, 0.15) is 24.2 Å². The first-order valence-corrected chi connectivity index (χ1v) is 8.25. The number of esters is 1. The van der Waals surface area contributed by atoms with Gasteiger partial charge in [0.2, 0.25) is 0 Å². The number of methoxy groups -OCH3 is 1. The third-order valence-corrected chi connectivity index (χ3v) is 3.88. The maximum absolute atomic E-state index is 11.8. The fraction of sp³-hybridized carbons (Fsp3) is 0.500. The Hall–Kier alpha value is -1.60. The van der Waals surface area contributed by atoms with E-state index in [1.54, 1.807) is 6.07 Å². The molecular formula is C16H20BrNO5. The number of carbonyl (C=O) groups excluding carboxylic acids is 1. The monoisotopic (exact) mass is 385 g/mol. The Balaban J connectivity index is 2.32. The van der Waals surface area contributed by atoms with Crippen LogP contribution in [-0.4, -0.2) is 44.2 Å². The second kappa shape index (κ2) is 8.31. The quantitative estimate of drug-likeness (QED) is 0.675. The Morgan fingerprint density at radius 2 is 2.26 bits per heavy atom. The minimum atomic E-state index is -0.673. The molecule has 1 heterocycles. The third kappa shape index (κ3) is 4.23. The molecule has 0 N–H and O–H groups in total. The summed E-state index contributed by atoms with van der Waals surface area (Å²) in [6.07, 6.45) is -0.428. The molecule has 7 heteroatoms. The van der Waals surface area contributed by atoms with Crippen LogP contribution in [0.5, 0.6) is 5.75 Å². The van der Waals surface area contributed by atoms with E-state index in [9.17, 15) is 4.79 Å². The van der Waals surface area contributed by atoms with Crippen LogP contribution < -0.4 is 4.74 Å². The molecule has 0 aliphatic carbocycles. The summed E-state index contributed by atoms with van der Waals surface area (Å²) in [7, 11) is 1.34. The lowest BCUT2D eigenvalue weighted by Gasteiger charge is -2.19. The van der Waals surface area contributed by atoms with Crippen molar-refractivity contribution in [1.82, 2.24) is 0 Å². The molecule has 6 nitrogen and oxygen atoms in total. The first kappa shape index (κ1) is 17.7. The molecule has 1 aliphatic heterocycles. The van der Waals surface area contributed by atoms with Crippen LogP contribution in [0.4, 0.5) is 0 Å². The molecule has 1 aliphatic rings. The van der Waals surface area contributed by atoms with Crippen LogP contribution in [0.15, 0.2) is 27.8 Å². The summed E-state index contributed by atoms with van der Waals surface area (Å²) in [5.41, 5.74) is 1.39. The second-order valence-electron chi connectivity index (χ2n) is 4.89. The van der Waals surface area contributed by atoms with Gasteiger partial charge >= 0.3 is 5.97 Å². The molecule has 0 saturated heterocycles. The number of oxime groups is 1. The van der Waals surface area contributed by atoms with E-state index < -0.39 is 12.1 Å². The minimum Gasteiger partial charge on any atom is -0.478 e. The Morgan fingerprint density at radius 1 is 1.48 bits per heavy atom. The first-order valence-electron chi connectivity index (χ1n) is 7.46. The van der Waals surface area contributed by atoms with Crippen LogP contribution in [0, 0.1) is 0 Å². The number of nitrogens with zero attached hydrogens (tertiary/aromatic N) is 1. The Bertz CT molecular complexity index is 590. The normalized spacial score (nSPS) is 18.1. The molecule has 0 aromatic heterocycles. The molecular weight excluding hydrogens is 366 g/mol. The molecule has 2 rings (SSSR count). The van der Waals surface area contributed by atoms with Crippen molar-refractivity contribution >= 4 is 27.6 Å². The molecule has 0 fully saturated rings. The molecule has 1 unspecified atom stereocenters. The zero-order valence-electron chi connectivity index (χ0n) is 13.4. The van der Waals surface area contributed by atoms with Crippen LogP contribution in [0.3, 0.4) is 0 Å².